The molecule has 0 aliphatic carbocycles. The van der Waals surface area contributed by atoms with Crippen LogP contribution in [0.2, 0.25) is 0 Å². The van der Waals surface area contributed by atoms with Crippen molar-refractivity contribution in [3.05, 3.63) is 28.8 Å². The maximum absolute atomic E-state index is 12.2. The Kier molecular flexibility index (Phi) is 7.36. The van der Waals surface area contributed by atoms with Crippen LogP contribution in [0.5, 0.6) is 0 Å². The van der Waals surface area contributed by atoms with Gasteiger partial charge in [-0.15, -0.1) is 0 Å². The number of hydrogen-bond donors (Lipinski definition) is 3. The van der Waals surface area contributed by atoms with Crippen LogP contribution < -0.4 is 16.0 Å². The van der Waals surface area contributed by atoms with E-state index in [9.17, 15) is 14.4 Å². The molecule has 1 aromatic carbocycles. The third-order valence-corrected chi connectivity index (χ3v) is 4.96. The summed E-state index contributed by atoms with van der Waals surface area (Å²) in [5.41, 5.74) is 3.96. The Hall–Kier alpha value is -2.41. The summed E-state index contributed by atoms with van der Waals surface area (Å²) in [5, 5.41) is 8.22. The zero-order valence-electron chi connectivity index (χ0n) is 16.6. The van der Waals surface area contributed by atoms with Gasteiger partial charge in [0.15, 0.2) is 0 Å². The topological polar surface area (TPSA) is 90.5 Å². The SMILES string of the molecule is CNC(=O)C1CCN(CC(=O)NCC(=O)Nc2c(C)cc(C)cc2C)CC1. The molecule has 3 amide bonds. The Labute approximate surface area is 160 Å². The normalized spacial score (nSPS) is 15.3. The number of nitrogens with zero attached hydrogens (tertiary/aromatic N) is 1. The van der Waals surface area contributed by atoms with Crippen molar-refractivity contribution in [2.24, 2.45) is 5.92 Å². The van der Waals surface area contributed by atoms with E-state index in [1.807, 2.05) is 37.8 Å². The number of carbonyl (C=O) groups is 3. The van der Waals surface area contributed by atoms with Gasteiger partial charge in [0, 0.05) is 18.7 Å². The highest BCUT2D eigenvalue weighted by Gasteiger charge is 2.25. The lowest BCUT2D eigenvalue weighted by atomic mass is 9.96. The van der Waals surface area contributed by atoms with Gasteiger partial charge in [-0.2, -0.15) is 0 Å². The van der Waals surface area contributed by atoms with Crippen molar-refractivity contribution in [2.45, 2.75) is 33.6 Å². The number of amides is 3. The van der Waals surface area contributed by atoms with Crippen molar-refractivity contribution < 1.29 is 14.4 Å². The molecule has 1 aromatic rings. The molecule has 0 aromatic heterocycles. The Morgan fingerprint density at radius 3 is 2.19 bits per heavy atom. The fourth-order valence-corrected chi connectivity index (χ4v) is 3.56. The first-order valence-corrected chi connectivity index (χ1v) is 9.38. The van der Waals surface area contributed by atoms with Crippen LogP contribution in [0.15, 0.2) is 12.1 Å². The molecule has 3 N–H and O–H groups in total. The molecule has 0 saturated carbocycles. The summed E-state index contributed by atoms with van der Waals surface area (Å²) in [4.78, 5) is 37.9. The molecule has 1 aliphatic heterocycles. The first-order chi connectivity index (χ1) is 12.8. The number of anilines is 1. The molecule has 0 spiro atoms. The molecule has 1 heterocycles. The van der Waals surface area contributed by atoms with E-state index in [0.29, 0.717) is 13.1 Å². The van der Waals surface area contributed by atoms with Gasteiger partial charge in [0.1, 0.15) is 0 Å². The molecular formula is C20H30N4O3. The fraction of sp³-hybridized carbons (Fsp3) is 0.550. The average molecular weight is 374 g/mol. The Balaban J connectivity index is 1.74. The molecule has 0 unspecified atom stereocenters. The Bertz CT molecular complexity index is 686. The van der Waals surface area contributed by atoms with Gasteiger partial charge in [0.05, 0.1) is 13.1 Å². The number of hydrogen-bond acceptors (Lipinski definition) is 4. The smallest absolute Gasteiger partial charge is 0.243 e. The van der Waals surface area contributed by atoms with Crippen molar-refractivity contribution in [3.63, 3.8) is 0 Å². The summed E-state index contributed by atoms with van der Waals surface area (Å²) < 4.78 is 0. The highest BCUT2D eigenvalue weighted by atomic mass is 16.2. The van der Waals surface area contributed by atoms with Crippen LogP contribution in [0.3, 0.4) is 0 Å². The largest absolute Gasteiger partial charge is 0.359 e. The zero-order valence-corrected chi connectivity index (χ0v) is 16.6. The number of rotatable bonds is 6. The quantitative estimate of drug-likeness (QED) is 0.696. The first-order valence-electron chi connectivity index (χ1n) is 9.38. The van der Waals surface area contributed by atoms with Gasteiger partial charge in [-0.1, -0.05) is 17.7 Å². The molecular weight excluding hydrogens is 344 g/mol. The van der Waals surface area contributed by atoms with Crippen LogP contribution in [0, 0.1) is 26.7 Å². The second-order valence-electron chi connectivity index (χ2n) is 7.26. The molecule has 148 valence electrons. The van der Waals surface area contributed by atoms with Gasteiger partial charge in [0.2, 0.25) is 17.7 Å². The number of benzene rings is 1. The van der Waals surface area contributed by atoms with Crippen LogP contribution in [0.1, 0.15) is 29.5 Å². The first kappa shape index (κ1) is 20.9. The lowest BCUT2D eigenvalue weighted by Gasteiger charge is -2.30. The van der Waals surface area contributed by atoms with Gasteiger partial charge in [0.25, 0.3) is 0 Å². The minimum absolute atomic E-state index is 0.0288. The fourth-order valence-electron chi connectivity index (χ4n) is 3.56. The van der Waals surface area contributed by atoms with Gasteiger partial charge >= 0.3 is 0 Å². The highest BCUT2D eigenvalue weighted by molar-refractivity contribution is 5.96. The molecule has 7 nitrogen and oxygen atoms in total. The van der Waals surface area contributed by atoms with Gasteiger partial charge < -0.3 is 16.0 Å². The van der Waals surface area contributed by atoms with Crippen molar-refractivity contribution in [1.82, 2.24) is 15.5 Å². The van der Waals surface area contributed by atoms with E-state index in [1.54, 1.807) is 7.05 Å². The van der Waals surface area contributed by atoms with E-state index in [4.69, 9.17) is 0 Å². The maximum atomic E-state index is 12.2. The summed E-state index contributed by atoms with van der Waals surface area (Å²) in [6, 6.07) is 4.03. The lowest BCUT2D eigenvalue weighted by Crippen LogP contribution is -2.45. The van der Waals surface area contributed by atoms with Crippen molar-refractivity contribution in [1.29, 1.82) is 0 Å². The zero-order chi connectivity index (χ0) is 20.0. The summed E-state index contributed by atoms with van der Waals surface area (Å²) in [6.07, 6.45) is 1.50. The third-order valence-electron chi connectivity index (χ3n) is 4.96. The van der Waals surface area contributed by atoms with Crippen LogP contribution in [-0.4, -0.2) is 55.8 Å². The number of carbonyl (C=O) groups excluding carboxylic acids is 3. The summed E-state index contributed by atoms with van der Waals surface area (Å²) in [7, 11) is 1.65. The number of likely N-dealkylation sites (tertiary alicyclic amines) is 1. The predicted octanol–water partition coefficient (Wildman–Crippen LogP) is 1.12. The van der Waals surface area contributed by atoms with Gasteiger partial charge in [-0.25, -0.2) is 0 Å². The molecule has 0 bridgehead atoms. The van der Waals surface area contributed by atoms with Crippen LogP contribution in [0.4, 0.5) is 5.69 Å². The molecule has 1 aliphatic rings. The van der Waals surface area contributed by atoms with E-state index in [-0.39, 0.29) is 36.7 Å². The van der Waals surface area contributed by atoms with Gasteiger partial charge in [-0.05, 0) is 57.8 Å². The molecule has 1 fully saturated rings. The molecule has 0 atom stereocenters. The van der Waals surface area contributed by atoms with Crippen LogP contribution in [0.25, 0.3) is 0 Å². The third kappa shape index (κ3) is 6.06. The predicted molar refractivity (Wildman–Crippen MR) is 106 cm³/mol. The Morgan fingerprint density at radius 2 is 1.63 bits per heavy atom. The second kappa shape index (κ2) is 9.50. The Morgan fingerprint density at radius 1 is 1.04 bits per heavy atom. The van der Waals surface area contributed by atoms with Crippen LogP contribution in [-0.2, 0) is 14.4 Å². The average Bonchev–Trinajstić information content (AvgIpc) is 2.63. The van der Waals surface area contributed by atoms with E-state index < -0.39 is 0 Å². The summed E-state index contributed by atoms with van der Waals surface area (Å²) in [5.74, 6) is -0.323. The van der Waals surface area contributed by atoms with E-state index in [1.165, 1.54) is 0 Å². The van der Waals surface area contributed by atoms with Crippen molar-refractivity contribution >= 4 is 23.4 Å². The molecule has 0 radical (unpaired) electrons. The monoisotopic (exact) mass is 374 g/mol. The molecule has 7 heteroatoms. The van der Waals surface area contributed by atoms with Gasteiger partial charge in [-0.3, -0.25) is 19.3 Å². The van der Waals surface area contributed by atoms with E-state index in [0.717, 1.165) is 35.2 Å². The number of aryl methyl sites for hydroxylation is 3. The minimum atomic E-state index is -0.239. The second-order valence-corrected chi connectivity index (χ2v) is 7.26. The highest BCUT2D eigenvalue weighted by Crippen LogP contribution is 2.21. The van der Waals surface area contributed by atoms with E-state index >= 15 is 0 Å². The lowest BCUT2D eigenvalue weighted by molar-refractivity contribution is -0.127. The van der Waals surface area contributed by atoms with E-state index in [2.05, 4.69) is 16.0 Å². The van der Waals surface area contributed by atoms with Crippen LogP contribution >= 0.6 is 0 Å². The molecule has 27 heavy (non-hydrogen) atoms. The minimum Gasteiger partial charge on any atom is -0.359 e. The molecule has 1 saturated heterocycles. The standard InChI is InChI=1S/C20H30N4O3/c1-13-9-14(2)19(15(3)10-13)23-17(25)11-22-18(26)12-24-7-5-16(6-8-24)20(27)21-4/h9-10,16H,5-8,11-12H2,1-4H3,(H,21,27)(H,22,26)(H,23,25). The maximum Gasteiger partial charge on any atom is 0.243 e. The van der Waals surface area contributed by atoms with Crippen molar-refractivity contribution in [3.8, 4) is 0 Å². The van der Waals surface area contributed by atoms with Crippen molar-refractivity contribution in [2.75, 3.05) is 38.5 Å². The number of nitrogens with one attached hydrogen (secondary N) is 3. The molecule has 2 rings (SSSR count). The summed E-state index contributed by atoms with van der Waals surface area (Å²) >= 11 is 0. The summed E-state index contributed by atoms with van der Waals surface area (Å²) in [6.45, 7) is 7.53. The number of piperidine rings is 1.